The van der Waals surface area contributed by atoms with Crippen molar-refractivity contribution >= 4 is 11.7 Å². The van der Waals surface area contributed by atoms with Crippen LogP contribution in [0.5, 0.6) is 5.75 Å². The number of rotatable bonds is 5. The maximum atomic E-state index is 13.5. The largest absolute Gasteiger partial charge is 0.487 e. The molecule has 9 heteroatoms. The summed E-state index contributed by atoms with van der Waals surface area (Å²) in [6.45, 7) is 0.340. The second-order valence-corrected chi connectivity index (χ2v) is 4.05. The van der Waals surface area contributed by atoms with Gasteiger partial charge in [-0.25, -0.2) is 9.18 Å². The van der Waals surface area contributed by atoms with E-state index >= 15 is 0 Å². The number of ether oxygens (including phenoxy) is 2. The van der Waals surface area contributed by atoms with E-state index in [9.17, 15) is 28.8 Å². The van der Waals surface area contributed by atoms with Crippen LogP contribution >= 0.6 is 0 Å². The Bertz CT molecular complexity index is 546. The zero-order valence-corrected chi connectivity index (χ0v) is 10.6. The summed E-state index contributed by atoms with van der Waals surface area (Å²) in [6, 6.07) is 0.804. The first kappa shape index (κ1) is 15.8. The molecule has 0 aliphatic heterocycles. The first-order chi connectivity index (χ1) is 9.19. The Labute approximate surface area is 111 Å². The van der Waals surface area contributed by atoms with Crippen LogP contribution in [0.3, 0.4) is 0 Å². The number of benzene rings is 1. The normalized spacial score (nSPS) is 13.4. The van der Waals surface area contributed by atoms with Crippen LogP contribution in [0.15, 0.2) is 12.1 Å². The van der Waals surface area contributed by atoms with Gasteiger partial charge in [-0.05, 0) is 6.92 Å². The van der Waals surface area contributed by atoms with E-state index in [4.69, 9.17) is 4.74 Å². The molecule has 0 saturated heterocycles. The quantitative estimate of drug-likeness (QED) is 0.497. The number of methoxy groups -OCH3 is 1. The van der Waals surface area contributed by atoms with Gasteiger partial charge in [0, 0.05) is 6.07 Å². The first-order valence-electron chi connectivity index (χ1n) is 5.26. The second kappa shape index (κ2) is 5.78. The molecule has 0 bridgehead atoms. The highest BCUT2D eigenvalue weighted by Gasteiger charge is 2.33. The van der Waals surface area contributed by atoms with Crippen LogP contribution in [0.2, 0.25) is 0 Å². The Morgan fingerprint density at radius 1 is 1.45 bits per heavy atom. The molecular formula is C11H11F2NO6. The third-order valence-electron chi connectivity index (χ3n) is 2.33. The van der Waals surface area contributed by atoms with E-state index in [1.807, 2.05) is 0 Å². The number of esters is 1. The molecule has 7 nitrogen and oxygen atoms in total. The van der Waals surface area contributed by atoms with Gasteiger partial charge in [0.25, 0.3) is 0 Å². The fraction of sp³-hybridized carbons (Fsp3) is 0.364. The Morgan fingerprint density at radius 2 is 2.05 bits per heavy atom. The topological polar surface area (TPSA) is 98.9 Å². The predicted molar refractivity (Wildman–Crippen MR) is 61.1 cm³/mol. The summed E-state index contributed by atoms with van der Waals surface area (Å²) in [4.78, 5) is 20.4. The van der Waals surface area contributed by atoms with Crippen molar-refractivity contribution in [3.05, 3.63) is 33.9 Å². The van der Waals surface area contributed by atoms with Crippen molar-refractivity contribution < 1.29 is 33.1 Å². The predicted octanol–water partition coefficient (Wildman–Crippen LogP) is 1.18. The van der Waals surface area contributed by atoms with E-state index in [1.165, 1.54) is 0 Å². The minimum atomic E-state index is -2.07. The molecule has 1 aromatic rings. The molecule has 0 fully saturated rings. The molecule has 1 aromatic carbocycles. The molecular weight excluding hydrogens is 280 g/mol. The SMILES string of the molecule is COC(=O)C(C)(O)COc1cc(F)c([N+](=O)[O-])cc1F. The lowest BCUT2D eigenvalue weighted by atomic mass is 10.1. The lowest BCUT2D eigenvalue weighted by Gasteiger charge is -2.20. The smallest absolute Gasteiger partial charge is 0.341 e. The molecule has 0 aromatic heterocycles. The Hall–Kier alpha value is -2.29. The van der Waals surface area contributed by atoms with Gasteiger partial charge in [-0.2, -0.15) is 4.39 Å². The Kier molecular flexibility index (Phi) is 4.56. The summed E-state index contributed by atoms with van der Waals surface area (Å²) in [5.41, 5.74) is -3.12. The summed E-state index contributed by atoms with van der Waals surface area (Å²) < 4.78 is 35.8. The zero-order valence-electron chi connectivity index (χ0n) is 10.6. The number of nitro groups is 1. The Balaban J connectivity index is 2.92. The average molecular weight is 291 g/mol. The van der Waals surface area contributed by atoms with Crippen molar-refractivity contribution in [3.8, 4) is 5.75 Å². The van der Waals surface area contributed by atoms with E-state index < -0.39 is 46.2 Å². The molecule has 1 N–H and O–H groups in total. The van der Waals surface area contributed by atoms with Crippen molar-refractivity contribution in [1.29, 1.82) is 0 Å². The molecule has 0 aliphatic rings. The van der Waals surface area contributed by atoms with Crippen molar-refractivity contribution in [2.24, 2.45) is 0 Å². The van der Waals surface area contributed by atoms with Crippen LogP contribution in [0, 0.1) is 21.7 Å². The van der Waals surface area contributed by atoms with Crippen molar-refractivity contribution in [3.63, 3.8) is 0 Å². The maximum Gasteiger partial charge on any atom is 0.341 e. The van der Waals surface area contributed by atoms with Gasteiger partial charge >= 0.3 is 11.7 Å². The van der Waals surface area contributed by atoms with Gasteiger partial charge in [0.1, 0.15) is 6.61 Å². The van der Waals surface area contributed by atoms with Gasteiger partial charge in [0.05, 0.1) is 18.1 Å². The van der Waals surface area contributed by atoms with Gasteiger partial charge in [-0.15, -0.1) is 0 Å². The van der Waals surface area contributed by atoms with Gasteiger partial charge in [0.15, 0.2) is 17.2 Å². The average Bonchev–Trinajstić information content (AvgIpc) is 2.37. The molecule has 20 heavy (non-hydrogen) atoms. The number of carbonyl (C=O) groups is 1. The molecule has 110 valence electrons. The monoisotopic (exact) mass is 291 g/mol. The molecule has 0 saturated carbocycles. The van der Waals surface area contributed by atoms with Crippen LogP contribution in [0.4, 0.5) is 14.5 Å². The highest BCUT2D eigenvalue weighted by atomic mass is 19.1. The summed E-state index contributed by atoms with van der Waals surface area (Å²) in [5, 5.41) is 20.0. The van der Waals surface area contributed by atoms with Crippen molar-refractivity contribution in [2.75, 3.05) is 13.7 Å². The van der Waals surface area contributed by atoms with Gasteiger partial charge in [-0.1, -0.05) is 0 Å². The third-order valence-corrected chi connectivity index (χ3v) is 2.33. The summed E-state index contributed by atoms with van der Waals surface area (Å²) in [5.74, 6) is -4.19. The summed E-state index contributed by atoms with van der Waals surface area (Å²) in [7, 11) is 1.03. The molecule has 0 amide bonds. The number of halogens is 2. The molecule has 0 spiro atoms. The fourth-order valence-electron chi connectivity index (χ4n) is 1.27. The minimum absolute atomic E-state index is 0.345. The maximum absolute atomic E-state index is 13.5. The molecule has 1 atom stereocenters. The van der Waals surface area contributed by atoms with Crippen molar-refractivity contribution in [1.82, 2.24) is 0 Å². The van der Waals surface area contributed by atoms with Crippen LogP contribution in [-0.4, -0.2) is 35.3 Å². The number of hydrogen-bond acceptors (Lipinski definition) is 6. The zero-order chi connectivity index (χ0) is 15.5. The van der Waals surface area contributed by atoms with Crippen LogP contribution in [0.1, 0.15) is 6.92 Å². The lowest BCUT2D eigenvalue weighted by Crippen LogP contribution is -2.42. The van der Waals surface area contributed by atoms with Crippen LogP contribution in [-0.2, 0) is 9.53 Å². The van der Waals surface area contributed by atoms with Gasteiger partial charge < -0.3 is 14.6 Å². The van der Waals surface area contributed by atoms with Crippen LogP contribution in [0.25, 0.3) is 0 Å². The molecule has 0 heterocycles. The van der Waals surface area contributed by atoms with Crippen molar-refractivity contribution in [2.45, 2.75) is 12.5 Å². The first-order valence-corrected chi connectivity index (χ1v) is 5.26. The van der Waals surface area contributed by atoms with E-state index in [0.29, 0.717) is 12.1 Å². The number of nitrogens with zero attached hydrogens (tertiary/aromatic N) is 1. The lowest BCUT2D eigenvalue weighted by molar-refractivity contribution is -0.387. The highest BCUT2D eigenvalue weighted by molar-refractivity contribution is 5.78. The number of nitro benzene ring substituents is 1. The molecule has 1 unspecified atom stereocenters. The van der Waals surface area contributed by atoms with E-state index in [-0.39, 0.29) is 0 Å². The highest BCUT2D eigenvalue weighted by Crippen LogP contribution is 2.27. The van der Waals surface area contributed by atoms with Gasteiger partial charge in [0.2, 0.25) is 5.82 Å². The minimum Gasteiger partial charge on any atom is -0.487 e. The molecule has 1 rings (SSSR count). The second-order valence-electron chi connectivity index (χ2n) is 4.05. The van der Waals surface area contributed by atoms with Gasteiger partial charge in [-0.3, -0.25) is 10.1 Å². The fourth-order valence-corrected chi connectivity index (χ4v) is 1.27. The van der Waals surface area contributed by atoms with Crippen LogP contribution < -0.4 is 4.74 Å². The Morgan fingerprint density at radius 3 is 2.55 bits per heavy atom. The van der Waals surface area contributed by atoms with E-state index in [0.717, 1.165) is 14.0 Å². The summed E-state index contributed by atoms with van der Waals surface area (Å²) >= 11 is 0. The standard InChI is InChI=1S/C11H11F2NO6/c1-11(16,10(15)19-2)5-20-9-4-6(12)8(14(17)18)3-7(9)13/h3-4,16H,5H2,1-2H3. The molecule has 0 radical (unpaired) electrons. The third kappa shape index (κ3) is 3.38. The van der Waals surface area contributed by atoms with E-state index in [1.54, 1.807) is 0 Å². The number of aliphatic hydroxyl groups is 1. The van der Waals surface area contributed by atoms with E-state index in [2.05, 4.69) is 4.74 Å². The number of carbonyl (C=O) groups excluding carboxylic acids is 1. The summed E-state index contributed by atoms with van der Waals surface area (Å²) in [6.07, 6.45) is 0. The number of hydrogen-bond donors (Lipinski definition) is 1. The molecule has 0 aliphatic carbocycles.